The van der Waals surface area contributed by atoms with Crippen molar-refractivity contribution in [3.05, 3.63) is 47.7 Å². The maximum Gasteiger partial charge on any atom is 0.138 e. The molecule has 1 saturated heterocycles. The molecule has 0 aliphatic carbocycles. The van der Waals surface area contributed by atoms with Crippen LogP contribution in [0.25, 0.3) is 11.1 Å². The van der Waals surface area contributed by atoms with Crippen LogP contribution < -0.4 is 10.1 Å². The summed E-state index contributed by atoms with van der Waals surface area (Å²) in [6.07, 6.45) is 6.01. The van der Waals surface area contributed by atoms with Crippen LogP contribution in [0, 0.1) is 0 Å². The summed E-state index contributed by atoms with van der Waals surface area (Å²) in [5, 5.41) is 4.16. The second kappa shape index (κ2) is 6.25. The second-order valence-corrected chi connectivity index (χ2v) is 5.46. The van der Waals surface area contributed by atoms with Crippen molar-refractivity contribution in [3.63, 3.8) is 0 Å². The van der Waals surface area contributed by atoms with E-state index in [-0.39, 0.29) is 0 Å². The fourth-order valence-electron chi connectivity index (χ4n) is 2.39. The molecule has 4 heteroatoms. The fourth-order valence-corrected chi connectivity index (χ4v) is 2.52. The molecule has 1 aliphatic heterocycles. The number of nitrogens with one attached hydrogen (secondary N) is 1. The largest absolute Gasteiger partial charge is 0.490 e. The number of halogens is 1. The molecule has 0 unspecified atom stereocenters. The van der Waals surface area contributed by atoms with Crippen molar-refractivity contribution in [2.45, 2.75) is 18.9 Å². The third kappa shape index (κ3) is 3.30. The van der Waals surface area contributed by atoms with E-state index in [1.54, 1.807) is 6.20 Å². The first kappa shape index (κ1) is 13.4. The summed E-state index contributed by atoms with van der Waals surface area (Å²) in [5.41, 5.74) is 2.13. The molecule has 1 N–H and O–H groups in total. The monoisotopic (exact) mass is 288 g/mol. The van der Waals surface area contributed by atoms with Crippen molar-refractivity contribution in [3.8, 4) is 16.9 Å². The quantitative estimate of drug-likeness (QED) is 0.934. The summed E-state index contributed by atoms with van der Waals surface area (Å²) in [6, 6.07) is 10.2. The summed E-state index contributed by atoms with van der Waals surface area (Å²) in [7, 11) is 0. The van der Waals surface area contributed by atoms with E-state index in [9.17, 15) is 0 Å². The van der Waals surface area contributed by atoms with Crippen LogP contribution in [0.5, 0.6) is 5.75 Å². The number of nitrogens with zero attached hydrogens (tertiary/aromatic N) is 1. The third-order valence-electron chi connectivity index (χ3n) is 3.50. The third-order valence-corrected chi connectivity index (χ3v) is 3.76. The van der Waals surface area contributed by atoms with Crippen molar-refractivity contribution >= 4 is 11.6 Å². The second-order valence-electron chi connectivity index (χ2n) is 5.02. The van der Waals surface area contributed by atoms with Crippen molar-refractivity contribution in [2.24, 2.45) is 0 Å². The Bertz CT molecular complexity index is 565. The van der Waals surface area contributed by atoms with E-state index in [0.717, 1.165) is 28.4 Å². The number of benzene rings is 1. The van der Waals surface area contributed by atoms with E-state index < -0.39 is 0 Å². The van der Waals surface area contributed by atoms with Gasteiger partial charge in [-0.3, -0.25) is 4.98 Å². The molecule has 104 valence electrons. The van der Waals surface area contributed by atoms with Crippen molar-refractivity contribution in [1.82, 2.24) is 10.3 Å². The standard InChI is InChI=1S/C16H17ClN2O/c17-14-5-3-12(4-6-14)13-8-16(10-18-9-13)20-11-15-2-1-7-19-15/h3-6,8-10,15,19H,1-2,7,11H2/t15-/m1/s1. The molecule has 2 aromatic rings. The molecular weight excluding hydrogens is 272 g/mol. The van der Waals surface area contributed by atoms with E-state index in [1.165, 1.54) is 12.8 Å². The highest BCUT2D eigenvalue weighted by atomic mass is 35.5. The van der Waals surface area contributed by atoms with Gasteiger partial charge in [0.15, 0.2) is 0 Å². The zero-order valence-corrected chi connectivity index (χ0v) is 11.9. The Morgan fingerprint density at radius 1 is 1.20 bits per heavy atom. The fraction of sp³-hybridized carbons (Fsp3) is 0.312. The number of hydrogen-bond donors (Lipinski definition) is 1. The van der Waals surface area contributed by atoms with Crippen LogP contribution in [0.1, 0.15) is 12.8 Å². The van der Waals surface area contributed by atoms with Gasteiger partial charge in [0.2, 0.25) is 0 Å². The topological polar surface area (TPSA) is 34.1 Å². The van der Waals surface area contributed by atoms with E-state index in [4.69, 9.17) is 16.3 Å². The highest BCUT2D eigenvalue weighted by Gasteiger charge is 2.14. The molecule has 0 amide bonds. The summed E-state index contributed by atoms with van der Waals surface area (Å²) in [4.78, 5) is 4.25. The maximum atomic E-state index is 5.91. The Balaban J connectivity index is 1.70. The van der Waals surface area contributed by atoms with Crippen LogP contribution in [0.4, 0.5) is 0 Å². The Morgan fingerprint density at radius 2 is 2.05 bits per heavy atom. The lowest BCUT2D eigenvalue weighted by atomic mass is 10.1. The van der Waals surface area contributed by atoms with Gasteiger partial charge >= 0.3 is 0 Å². The number of rotatable bonds is 4. The highest BCUT2D eigenvalue weighted by Crippen LogP contribution is 2.24. The molecule has 1 fully saturated rings. The molecule has 0 spiro atoms. The first-order valence-corrected chi connectivity index (χ1v) is 7.26. The Hall–Kier alpha value is -1.58. The van der Waals surface area contributed by atoms with Crippen LogP contribution >= 0.6 is 11.6 Å². The molecule has 20 heavy (non-hydrogen) atoms. The van der Waals surface area contributed by atoms with Gasteiger partial charge in [-0.05, 0) is 43.1 Å². The summed E-state index contributed by atoms with van der Waals surface area (Å²) < 4.78 is 5.82. The lowest BCUT2D eigenvalue weighted by Crippen LogP contribution is -2.28. The summed E-state index contributed by atoms with van der Waals surface area (Å²) in [6.45, 7) is 1.79. The molecule has 0 bridgehead atoms. The number of hydrogen-bond acceptors (Lipinski definition) is 3. The average molecular weight is 289 g/mol. The van der Waals surface area contributed by atoms with Crippen molar-refractivity contribution in [2.75, 3.05) is 13.2 Å². The first-order valence-electron chi connectivity index (χ1n) is 6.88. The Labute approximate surface area is 123 Å². The summed E-state index contributed by atoms with van der Waals surface area (Å²) in [5.74, 6) is 0.811. The zero-order chi connectivity index (χ0) is 13.8. The predicted octanol–water partition coefficient (Wildman–Crippen LogP) is 3.53. The van der Waals surface area contributed by atoms with E-state index in [1.807, 2.05) is 36.5 Å². The molecule has 3 rings (SSSR count). The van der Waals surface area contributed by atoms with Gasteiger partial charge in [0.05, 0.1) is 6.20 Å². The molecule has 1 atom stereocenters. The molecular formula is C16H17ClN2O. The van der Waals surface area contributed by atoms with Gasteiger partial charge in [-0.15, -0.1) is 0 Å². The maximum absolute atomic E-state index is 5.91. The van der Waals surface area contributed by atoms with Gasteiger partial charge in [0.1, 0.15) is 12.4 Å². The van der Waals surface area contributed by atoms with E-state index in [0.29, 0.717) is 12.6 Å². The molecule has 1 aromatic heterocycles. The number of ether oxygens (including phenoxy) is 1. The molecule has 1 aromatic carbocycles. The van der Waals surface area contributed by atoms with Crippen molar-refractivity contribution in [1.29, 1.82) is 0 Å². The Kier molecular flexibility index (Phi) is 4.19. The van der Waals surface area contributed by atoms with Crippen molar-refractivity contribution < 1.29 is 4.74 Å². The normalized spacial score (nSPS) is 18.1. The SMILES string of the molecule is Clc1ccc(-c2cncc(OC[C@H]3CCCN3)c2)cc1. The summed E-state index contributed by atoms with van der Waals surface area (Å²) >= 11 is 5.91. The van der Waals surface area contributed by atoms with Crippen LogP contribution in [-0.2, 0) is 0 Å². The highest BCUT2D eigenvalue weighted by molar-refractivity contribution is 6.30. The lowest BCUT2D eigenvalue weighted by Gasteiger charge is -2.12. The minimum Gasteiger partial charge on any atom is -0.490 e. The molecule has 0 radical (unpaired) electrons. The predicted molar refractivity (Wildman–Crippen MR) is 81.2 cm³/mol. The first-order chi connectivity index (χ1) is 9.81. The van der Waals surface area contributed by atoms with Gasteiger partial charge in [0, 0.05) is 22.8 Å². The molecule has 1 aliphatic rings. The molecule has 2 heterocycles. The van der Waals surface area contributed by atoms with E-state index in [2.05, 4.69) is 10.3 Å². The number of aromatic nitrogens is 1. The Morgan fingerprint density at radius 3 is 2.80 bits per heavy atom. The minimum absolute atomic E-state index is 0.467. The van der Waals surface area contributed by atoms with E-state index >= 15 is 0 Å². The van der Waals surface area contributed by atoms with Gasteiger partial charge in [-0.25, -0.2) is 0 Å². The van der Waals surface area contributed by atoms with Crippen LogP contribution in [-0.4, -0.2) is 24.2 Å². The van der Waals surface area contributed by atoms with Crippen LogP contribution in [0.3, 0.4) is 0 Å². The number of pyridine rings is 1. The van der Waals surface area contributed by atoms with Crippen LogP contribution in [0.2, 0.25) is 5.02 Å². The molecule has 0 saturated carbocycles. The minimum atomic E-state index is 0.467. The molecule has 3 nitrogen and oxygen atoms in total. The van der Waals surface area contributed by atoms with Gasteiger partial charge < -0.3 is 10.1 Å². The zero-order valence-electron chi connectivity index (χ0n) is 11.2. The van der Waals surface area contributed by atoms with Gasteiger partial charge in [-0.2, -0.15) is 0 Å². The van der Waals surface area contributed by atoms with Crippen LogP contribution in [0.15, 0.2) is 42.7 Å². The van der Waals surface area contributed by atoms with Gasteiger partial charge in [-0.1, -0.05) is 23.7 Å². The smallest absolute Gasteiger partial charge is 0.138 e. The lowest BCUT2D eigenvalue weighted by molar-refractivity contribution is 0.276. The van der Waals surface area contributed by atoms with Gasteiger partial charge in [0.25, 0.3) is 0 Å². The average Bonchev–Trinajstić information content (AvgIpc) is 3.00.